The lowest BCUT2D eigenvalue weighted by atomic mass is 9.76. The summed E-state index contributed by atoms with van der Waals surface area (Å²) in [6.07, 6.45) is 4.54. The molecule has 1 aromatic heterocycles. The number of hydrogen-bond donors (Lipinski definition) is 3. The number of nitrogens with zero attached hydrogens (tertiary/aromatic N) is 3. The van der Waals surface area contributed by atoms with Gasteiger partial charge in [-0.05, 0) is 47.9 Å². The van der Waals surface area contributed by atoms with Crippen LogP contribution in [0.4, 0.5) is 10.5 Å². The largest absolute Gasteiger partial charge is 0.469 e. The van der Waals surface area contributed by atoms with Gasteiger partial charge in [0.2, 0.25) is 5.88 Å². The molecule has 0 bridgehead atoms. The summed E-state index contributed by atoms with van der Waals surface area (Å²) in [5.41, 5.74) is 5.45. The Morgan fingerprint density at radius 2 is 2.00 bits per heavy atom. The van der Waals surface area contributed by atoms with Crippen molar-refractivity contribution in [2.75, 3.05) is 11.9 Å². The molecular formula is C17H18BrN5O4S. The number of benzene rings is 1. The lowest BCUT2D eigenvalue weighted by Gasteiger charge is -2.33. The number of rotatable bonds is 3. The van der Waals surface area contributed by atoms with Gasteiger partial charge in [0.1, 0.15) is 11.0 Å². The van der Waals surface area contributed by atoms with Crippen LogP contribution in [0.5, 0.6) is 5.88 Å². The number of fused-ring (bicyclic) bond motifs is 3. The molecule has 4 N–H and O–H groups in total. The average molecular weight is 468 g/mol. The number of halogens is 1. The first-order valence-corrected chi connectivity index (χ1v) is 11.3. The Kier molecular flexibility index (Phi) is 4.06. The first-order chi connectivity index (χ1) is 13.4. The molecule has 2 atom stereocenters. The van der Waals surface area contributed by atoms with Crippen LogP contribution in [0.3, 0.4) is 0 Å². The summed E-state index contributed by atoms with van der Waals surface area (Å²) in [7, 11) is -3.55. The molecular weight excluding hydrogens is 450 g/mol. The number of ether oxygens (including phenoxy) is 1. The molecule has 2 amide bonds. The fraction of sp³-hybridized carbons (Fsp3) is 0.412. The topological polar surface area (TPSA) is 132 Å². The number of carbonyl (C=O) groups excluding carboxylic acids is 1. The molecule has 5 rings (SSSR count). The zero-order valence-corrected chi connectivity index (χ0v) is 17.2. The normalized spacial score (nSPS) is 20.6. The van der Waals surface area contributed by atoms with Crippen LogP contribution in [-0.2, 0) is 42.1 Å². The maximum Gasteiger partial charge on any atom is 0.354 e. The summed E-state index contributed by atoms with van der Waals surface area (Å²) in [6.45, 7) is 0.122. The van der Waals surface area contributed by atoms with Gasteiger partial charge < -0.3 is 15.2 Å². The molecule has 0 spiro atoms. The molecule has 2 aliphatic carbocycles. The van der Waals surface area contributed by atoms with Crippen molar-refractivity contribution in [2.24, 2.45) is 9.50 Å². The van der Waals surface area contributed by atoms with Gasteiger partial charge >= 0.3 is 6.03 Å². The predicted octanol–water partition coefficient (Wildman–Crippen LogP) is 1.53. The zero-order chi connectivity index (χ0) is 19.6. The second kappa shape index (κ2) is 6.28. The number of nitrogens with two attached hydrogens (primary N) is 1. The van der Waals surface area contributed by atoms with Crippen molar-refractivity contribution < 1.29 is 18.8 Å². The van der Waals surface area contributed by atoms with E-state index >= 15 is 0 Å². The van der Waals surface area contributed by atoms with Gasteiger partial charge in [0.15, 0.2) is 9.92 Å². The summed E-state index contributed by atoms with van der Waals surface area (Å²) in [5.74, 6) is 0.180. The minimum atomic E-state index is -3.55. The van der Waals surface area contributed by atoms with E-state index in [1.54, 1.807) is 0 Å². The van der Waals surface area contributed by atoms with Gasteiger partial charge in [-0.2, -0.15) is 5.10 Å². The van der Waals surface area contributed by atoms with Crippen molar-refractivity contribution in [1.82, 2.24) is 9.78 Å². The van der Waals surface area contributed by atoms with E-state index in [1.165, 1.54) is 22.0 Å². The number of anilines is 1. The van der Waals surface area contributed by atoms with E-state index in [-0.39, 0.29) is 17.4 Å². The minimum absolute atomic E-state index is 0.0513. The Balaban J connectivity index is 1.45. The molecule has 1 aromatic carbocycles. The van der Waals surface area contributed by atoms with Crippen LogP contribution >= 0.6 is 15.9 Å². The van der Waals surface area contributed by atoms with E-state index in [0.29, 0.717) is 6.54 Å². The van der Waals surface area contributed by atoms with E-state index in [2.05, 4.69) is 30.7 Å². The van der Waals surface area contributed by atoms with Crippen LogP contribution < -0.4 is 15.2 Å². The smallest absolute Gasteiger partial charge is 0.354 e. The summed E-state index contributed by atoms with van der Waals surface area (Å²) in [6, 6.07) is -0.755. The quantitative estimate of drug-likeness (QED) is 0.629. The van der Waals surface area contributed by atoms with Gasteiger partial charge in [0, 0.05) is 10.2 Å². The molecule has 1 unspecified atom stereocenters. The number of aliphatic hydroxyl groups is 1. The van der Waals surface area contributed by atoms with E-state index in [4.69, 9.17) is 9.88 Å². The van der Waals surface area contributed by atoms with Crippen molar-refractivity contribution in [1.29, 1.82) is 0 Å². The van der Waals surface area contributed by atoms with Gasteiger partial charge in [0.05, 0.1) is 19.3 Å². The average Bonchev–Trinajstić information content (AvgIpc) is 3.10. The SMILES string of the molecule is NS(=O)(=NC(=O)Nc1c2c(c(Br)c3c1CC3)CC2)c1cnn2c1O[C@@H](CO)C2. The molecule has 2 heterocycles. The van der Waals surface area contributed by atoms with Crippen molar-refractivity contribution in [3.05, 3.63) is 32.9 Å². The molecule has 0 radical (unpaired) electrons. The van der Waals surface area contributed by atoms with E-state index in [9.17, 15) is 14.1 Å². The fourth-order valence-corrected chi connectivity index (χ4v) is 5.76. The third kappa shape index (κ3) is 2.60. The molecule has 0 fully saturated rings. The monoisotopic (exact) mass is 467 g/mol. The third-order valence-corrected chi connectivity index (χ3v) is 7.80. The van der Waals surface area contributed by atoms with Crippen molar-refractivity contribution in [3.63, 3.8) is 0 Å². The Bertz CT molecular complexity index is 1120. The molecule has 148 valence electrons. The van der Waals surface area contributed by atoms with E-state index in [1.807, 2.05) is 0 Å². The molecule has 1 aliphatic heterocycles. The highest BCUT2D eigenvalue weighted by atomic mass is 79.9. The summed E-state index contributed by atoms with van der Waals surface area (Å²) >= 11 is 3.65. The second-order valence-electron chi connectivity index (χ2n) is 7.11. The van der Waals surface area contributed by atoms with E-state index in [0.717, 1.165) is 47.0 Å². The van der Waals surface area contributed by atoms with Crippen LogP contribution in [0.1, 0.15) is 22.3 Å². The Hall–Kier alpha value is -1.95. The van der Waals surface area contributed by atoms with Gasteiger partial charge in [-0.15, -0.1) is 4.36 Å². The molecule has 2 aromatic rings. The molecule has 11 heteroatoms. The van der Waals surface area contributed by atoms with Gasteiger partial charge in [-0.3, -0.25) is 0 Å². The molecule has 3 aliphatic rings. The number of aliphatic hydroxyl groups excluding tert-OH is 1. The Morgan fingerprint density at radius 1 is 1.36 bits per heavy atom. The molecule has 0 saturated heterocycles. The number of carbonyl (C=O) groups is 1. The lowest BCUT2D eigenvalue weighted by molar-refractivity contribution is 0.130. The molecule has 9 nitrogen and oxygen atoms in total. The third-order valence-electron chi connectivity index (χ3n) is 5.50. The minimum Gasteiger partial charge on any atom is -0.469 e. The standard InChI is InChI=1S/C17H18BrN5O4S/c18-14-9-1-3-11(9)15(12-4-2-10(12)14)21-17(25)22-28(19,26)13-5-20-23-6-8(7-24)27-16(13)23/h5,8,24H,1-4,6-7H2,(H3,19,21,22,25,26)/t8-,28?/m1/s1. The van der Waals surface area contributed by atoms with Gasteiger partial charge in [-0.25, -0.2) is 18.8 Å². The first kappa shape index (κ1) is 18.1. The van der Waals surface area contributed by atoms with Gasteiger partial charge in [0.25, 0.3) is 0 Å². The molecule has 0 saturated carbocycles. The van der Waals surface area contributed by atoms with Crippen LogP contribution in [0.2, 0.25) is 0 Å². The highest BCUT2D eigenvalue weighted by molar-refractivity contribution is 9.10. The predicted molar refractivity (Wildman–Crippen MR) is 105 cm³/mol. The Labute approximate surface area is 169 Å². The highest BCUT2D eigenvalue weighted by Gasteiger charge is 2.33. The number of hydrogen-bond acceptors (Lipinski definition) is 5. The summed E-state index contributed by atoms with van der Waals surface area (Å²) < 4.78 is 24.8. The fourth-order valence-electron chi connectivity index (χ4n) is 3.89. The van der Waals surface area contributed by atoms with Gasteiger partial charge in [-0.1, -0.05) is 15.9 Å². The van der Waals surface area contributed by atoms with Crippen molar-refractivity contribution >= 4 is 37.6 Å². The van der Waals surface area contributed by atoms with Crippen LogP contribution in [0, 0.1) is 0 Å². The van der Waals surface area contributed by atoms with E-state index < -0.39 is 22.1 Å². The van der Waals surface area contributed by atoms with Crippen LogP contribution in [0.15, 0.2) is 19.9 Å². The first-order valence-electron chi connectivity index (χ1n) is 8.93. The maximum atomic E-state index is 12.9. The Morgan fingerprint density at radius 3 is 2.57 bits per heavy atom. The summed E-state index contributed by atoms with van der Waals surface area (Å²) in [5, 5.41) is 22.0. The van der Waals surface area contributed by atoms with Crippen LogP contribution in [-0.4, -0.2) is 37.8 Å². The van der Waals surface area contributed by atoms with Crippen LogP contribution in [0.25, 0.3) is 0 Å². The number of amides is 2. The molecule has 28 heavy (non-hydrogen) atoms. The number of urea groups is 1. The number of aromatic nitrogens is 2. The van der Waals surface area contributed by atoms with Crippen molar-refractivity contribution in [3.8, 4) is 5.88 Å². The highest BCUT2D eigenvalue weighted by Crippen LogP contribution is 2.46. The second-order valence-corrected chi connectivity index (χ2v) is 9.66. The summed E-state index contributed by atoms with van der Waals surface area (Å²) in [4.78, 5) is 12.6. The number of nitrogens with one attached hydrogen (secondary N) is 1. The zero-order valence-electron chi connectivity index (χ0n) is 14.8. The van der Waals surface area contributed by atoms with Crippen molar-refractivity contribution in [2.45, 2.75) is 43.2 Å². The lowest BCUT2D eigenvalue weighted by Crippen LogP contribution is -2.25. The maximum absolute atomic E-state index is 12.9.